The maximum absolute atomic E-state index is 13.2. The predicted molar refractivity (Wildman–Crippen MR) is 140 cm³/mol. The van der Waals surface area contributed by atoms with E-state index in [1.165, 1.54) is 17.2 Å². The molecule has 2 heterocycles. The summed E-state index contributed by atoms with van der Waals surface area (Å²) in [5, 5.41) is 3.13. The van der Waals surface area contributed by atoms with Crippen molar-refractivity contribution in [3.05, 3.63) is 95.3 Å². The number of nitrogens with one attached hydrogen (secondary N) is 1. The van der Waals surface area contributed by atoms with E-state index in [1.807, 2.05) is 53.4 Å². The predicted octanol–water partition coefficient (Wildman–Crippen LogP) is 5.33. The first-order valence-electron chi connectivity index (χ1n) is 12.3. The van der Waals surface area contributed by atoms with Crippen LogP contribution in [0.2, 0.25) is 0 Å². The van der Waals surface area contributed by atoms with E-state index < -0.39 is 5.91 Å². The molecule has 3 N–H and O–H groups in total. The summed E-state index contributed by atoms with van der Waals surface area (Å²) in [4.78, 5) is 30.3. The van der Waals surface area contributed by atoms with E-state index in [2.05, 4.69) is 22.4 Å². The van der Waals surface area contributed by atoms with Gasteiger partial charge in [0.2, 0.25) is 5.91 Å². The molecule has 1 aliphatic heterocycles. The molecule has 2 aromatic carbocycles. The Bertz CT molecular complexity index is 1140. The minimum Gasteiger partial charge on any atom is -0.366 e. The van der Waals surface area contributed by atoms with Crippen LogP contribution in [0.3, 0.4) is 0 Å². The van der Waals surface area contributed by atoms with E-state index in [1.54, 1.807) is 12.3 Å². The summed E-state index contributed by atoms with van der Waals surface area (Å²) in [5.74, 6) is -0.466. The minimum absolute atomic E-state index is 0.0681. The number of urea groups is 1. The van der Waals surface area contributed by atoms with Crippen molar-refractivity contribution in [2.75, 3.05) is 11.4 Å². The molecule has 0 atom stereocenters. The first-order valence-corrected chi connectivity index (χ1v) is 12.3. The zero-order valence-electron chi connectivity index (χ0n) is 20.0. The smallest absolute Gasteiger partial charge is 0.326 e. The van der Waals surface area contributed by atoms with Crippen LogP contribution in [0.1, 0.15) is 48.1 Å². The average Bonchev–Trinajstić information content (AvgIpc) is 3.04. The lowest BCUT2D eigenvalue weighted by Crippen LogP contribution is -2.37. The van der Waals surface area contributed by atoms with Crippen LogP contribution in [0.4, 0.5) is 16.2 Å². The van der Waals surface area contributed by atoms with Crippen LogP contribution < -0.4 is 16.0 Å². The highest BCUT2D eigenvalue weighted by molar-refractivity contribution is 6.01. The number of rotatable bonds is 9. The molecule has 0 saturated carbocycles. The summed E-state index contributed by atoms with van der Waals surface area (Å²) in [6.07, 6.45) is 11.6. The summed E-state index contributed by atoms with van der Waals surface area (Å²) < 4.78 is 0. The van der Waals surface area contributed by atoms with E-state index in [0.717, 1.165) is 67.6 Å². The quantitative estimate of drug-likeness (QED) is 0.329. The van der Waals surface area contributed by atoms with Gasteiger partial charge in [-0.1, -0.05) is 55.3 Å². The number of hydrogen-bond donors (Lipinski definition) is 2. The Morgan fingerprint density at radius 3 is 2.17 bits per heavy atom. The number of carbonyl (C=O) groups excluding carboxylic acids is 2. The number of aryl methyl sites for hydroxylation is 3. The van der Waals surface area contributed by atoms with E-state index in [0.29, 0.717) is 6.54 Å². The molecule has 35 heavy (non-hydrogen) atoms. The van der Waals surface area contributed by atoms with Crippen molar-refractivity contribution in [2.24, 2.45) is 5.73 Å². The van der Waals surface area contributed by atoms with Crippen LogP contribution in [0.25, 0.3) is 6.08 Å². The van der Waals surface area contributed by atoms with Gasteiger partial charge in [0.25, 0.3) is 0 Å². The van der Waals surface area contributed by atoms with Gasteiger partial charge in [-0.2, -0.15) is 0 Å². The average molecular weight is 469 g/mol. The molecule has 0 aliphatic carbocycles. The van der Waals surface area contributed by atoms with Gasteiger partial charge in [-0.3, -0.25) is 14.7 Å². The number of nitrogens with two attached hydrogens (primary N) is 1. The third kappa shape index (κ3) is 6.57. The van der Waals surface area contributed by atoms with Gasteiger partial charge >= 0.3 is 6.03 Å². The third-order valence-corrected chi connectivity index (χ3v) is 6.26. The zero-order valence-corrected chi connectivity index (χ0v) is 20.0. The molecule has 0 saturated heterocycles. The largest absolute Gasteiger partial charge is 0.366 e. The van der Waals surface area contributed by atoms with Gasteiger partial charge in [-0.05, 0) is 73.1 Å². The van der Waals surface area contributed by atoms with Gasteiger partial charge in [0, 0.05) is 24.5 Å². The van der Waals surface area contributed by atoms with E-state index in [-0.39, 0.29) is 6.03 Å². The Labute approximate surface area is 206 Å². The highest BCUT2D eigenvalue weighted by Crippen LogP contribution is 2.35. The number of benzene rings is 2. The Kier molecular flexibility index (Phi) is 8.28. The number of amides is 3. The van der Waals surface area contributed by atoms with Crippen LogP contribution in [0, 0.1) is 0 Å². The van der Waals surface area contributed by atoms with Crippen molar-refractivity contribution in [3.8, 4) is 0 Å². The third-order valence-electron chi connectivity index (χ3n) is 6.26. The first kappa shape index (κ1) is 24.2. The summed E-state index contributed by atoms with van der Waals surface area (Å²) >= 11 is 0. The second kappa shape index (κ2) is 12.0. The van der Waals surface area contributed by atoms with Gasteiger partial charge < -0.3 is 11.1 Å². The lowest BCUT2D eigenvalue weighted by atomic mass is 10.0. The minimum atomic E-state index is -0.466. The van der Waals surface area contributed by atoms with E-state index in [9.17, 15) is 9.59 Å². The number of primary amides is 1. The topological polar surface area (TPSA) is 88.3 Å². The summed E-state index contributed by atoms with van der Waals surface area (Å²) in [6, 6.07) is 20.2. The van der Waals surface area contributed by atoms with Crippen molar-refractivity contribution in [1.82, 2.24) is 10.3 Å². The van der Waals surface area contributed by atoms with E-state index in [4.69, 9.17) is 5.73 Å². The number of aromatic nitrogens is 1. The number of carbonyl (C=O) groups is 2. The molecule has 4 rings (SSSR count). The highest BCUT2D eigenvalue weighted by atomic mass is 16.2. The number of hydrogen-bond acceptors (Lipinski definition) is 3. The summed E-state index contributed by atoms with van der Waals surface area (Å²) in [7, 11) is 0. The molecule has 6 nitrogen and oxygen atoms in total. The lowest BCUT2D eigenvalue weighted by molar-refractivity contribution is -0.113. The Hall–Kier alpha value is -3.93. The normalized spacial score (nSPS) is 12.6. The molecule has 0 fully saturated rings. The number of anilines is 2. The van der Waals surface area contributed by atoms with Gasteiger partial charge in [0.1, 0.15) is 0 Å². The fourth-order valence-electron chi connectivity index (χ4n) is 4.42. The van der Waals surface area contributed by atoms with Gasteiger partial charge in [-0.25, -0.2) is 4.79 Å². The van der Waals surface area contributed by atoms with Crippen molar-refractivity contribution in [1.29, 1.82) is 0 Å². The molecule has 0 spiro atoms. The Morgan fingerprint density at radius 1 is 0.886 bits per heavy atom. The molecule has 180 valence electrons. The van der Waals surface area contributed by atoms with Crippen LogP contribution >= 0.6 is 0 Å². The Morgan fingerprint density at radius 2 is 1.54 bits per heavy atom. The van der Waals surface area contributed by atoms with Gasteiger partial charge in [0.15, 0.2) is 0 Å². The van der Waals surface area contributed by atoms with E-state index >= 15 is 0 Å². The molecule has 0 bridgehead atoms. The maximum atomic E-state index is 13.2. The van der Waals surface area contributed by atoms with Crippen LogP contribution in [-0.2, 0) is 24.1 Å². The monoisotopic (exact) mass is 468 g/mol. The summed E-state index contributed by atoms with van der Waals surface area (Å²) in [6.45, 7) is 0.652. The standard InChI is InChI=1S/C29H32N4O2/c30-28(34)19-15-22-14-18-25(32-21-22)11-3-1-2-8-20-31-29(35)33-26-12-6-4-9-23(26)16-17-24-10-5-7-13-27(24)33/h4-7,9-10,12-15,18-19,21H,1-3,8,11,16-17,20H2,(H2,30,34)(H,31,35). The van der Waals surface area contributed by atoms with Crippen LogP contribution in [-0.4, -0.2) is 23.5 Å². The SMILES string of the molecule is NC(=O)C=Cc1ccc(CCCCCCNC(=O)N2c3ccccc3CCc3ccccc32)nc1. The molecule has 1 aliphatic rings. The number of pyridine rings is 1. The number of para-hydroxylation sites is 2. The van der Waals surface area contributed by atoms with Crippen LogP contribution in [0.15, 0.2) is 72.9 Å². The summed E-state index contributed by atoms with van der Waals surface area (Å²) in [5.41, 5.74) is 11.3. The Balaban J connectivity index is 1.23. The zero-order chi connectivity index (χ0) is 24.5. The fraction of sp³-hybridized carbons (Fsp3) is 0.276. The molecule has 6 heteroatoms. The molecule has 1 aromatic heterocycles. The highest BCUT2D eigenvalue weighted by Gasteiger charge is 2.25. The molecular weight excluding hydrogens is 436 g/mol. The second-order valence-corrected chi connectivity index (χ2v) is 8.81. The van der Waals surface area contributed by atoms with Gasteiger partial charge in [0.05, 0.1) is 11.4 Å². The molecule has 3 aromatic rings. The molecule has 3 amide bonds. The first-order chi connectivity index (χ1) is 17.1. The number of unbranched alkanes of at least 4 members (excludes halogenated alkanes) is 3. The van der Waals surface area contributed by atoms with Crippen molar-refractivity contribution >= 4 is 29.4 Å². The number of nitrogens with zero attached hydrogens (tertiary/aromatic N) is 2. The number of fused-ring (bicyclic) bond motifs is 2. The van der Waals surface area contributed by atoms with Crippen LogP contribution in [0.5, 0.6) is 0 Å². The molecular formula is C29H32N4O2. The molecule has 0 unspecified atom stereocenters. The maximum Gasteiger partial charge on any atom is 0.326 e. The van der Waals surface area contributed by atoms with Gasteiger partial charge in [-0.15, -0.1) is 0 Å². The van der Waals surface area contributed by atoms with Crippen molar-refractivity contribution < 1.29 is 9.59 Å². The fourth-order valence-corrected chi connectivity index (χ4v) is 4.42. The lowest BCUT2D eigenvalue weighted by Gasteiger charge is -2.25. The van der Waals surface area contributed by atoms with Crippen molar-refractivity contribution in [2.45, 2.75) is 44.9 Å². The molecule has 0 radical (unpaired) electrons. The van der Waals surface area contributed by atoms with Crippen molar-refractivity contribution in [3.63, 3.8) is 0 Å². The second-order valence-electron chi connectivity index (χ2n) is 8.81.